The molecule has 0 saturated carbocycles. The number of nitrogens with one attached hydrogen (secondary N) is 1. The van der Waals surface area contributed by atoms with Gasteiger partial charge >= 0.3 is 6.03 Å². The molecule has 1 aliphatic rings. The van der Waals surface area contributed by atoms with Crippen molar-refractivity contribution in [2.24, 2.45) is 0 Å². The zero-order chi connectivity index (χ0) is 11.5. The normalized spacial score (nSPS) is 17.5. The first kappa shape index (κ1) is 11.7. The number of amides is 2. The first-order valence-corrected chi connectivity index (χ1v) is 6.67. The minimum absolute atomic E-state index is 0.0330. The van der Waals surface area contributed by atoms with Gasteiger partial charge in [-0.25, -0.2) is 4.79 Å². The fourth-order valence-electron chi connectivity index (χ4n) is 1.83. The van der Waals surface area contributed by atoms with Crippen molar-refractivity contribution in [1.82, 2.24) is 10.2 Å². The number of thiophene rings is 1. The number of halogens is 1. The van der Waals surface area contributed by atoms with E-state index in [2.05, 4.69) is 5.32 Å². The van der Waals surface area contributed by atoms with Gasteiger partial charge in [0.1, 0.15) is 0 Å². The van der Waals surface area contributed by atoms with Crippen LogP contribution in [0.3, 0.4) is 0 Å². The summed E-state index contributed by atoms with van der Waals surface area (Å²) in [6.45, 7) is 3.74. The fourth-order valence-corrected chi connectivity index (χ4v) is 2.89. The Labute approximate surface area is 104 Å². The Morgan fingerprint density at radius 2 is 2.19 bits per heavy atom. The molecule has 1 aliphatic heterocycles. The summed E-state index contributed by atoms with van der Waals surface area (Å²) in [4.78, 5) is 14.8. The van der Waals surface area contributed by atoms with Gasteiger partial charge < -0.3 is 10.2 Å². The monoisotopic (exact) mass is 258 g/mol. The van der Waals surface area contributed by atoms with E-state index < -0.39 is 0 Å². The second kappa shape index (κ2) is 5.06. The summed E-state index contributed by atoms with van der Waals surface area (Å²) >= 11 is 7.38. The van der Waals surface area contributed by atoms with E-state index in [9.17, 15) is 4.79 Å². The van der Waals surface area contributed by atoms with Gasteiger partial charge in [0.25, 0.3) is 0 Å². The molecule has 0 bridgehead atoms. The molecular weight excluding hydrogens is 244 g/mol. The average molecular weight is 259 g/mol. The van der Waals surface area contributed by atoms with Crippen molar-refractivity contribution in [2.45, 2.75) is 25.8 Å². The number of carbonyl (C=O) groups is 1. The third-order valence-electron chi connectivity index (χ3n) is 2.75. The first-order valence-electron chi connectivity index (χ1n) is 5.47. The van der Waals surface area contributed by atoms with Crippen molar-refractivity contribution in [1.29, 1.82) is 0 Å². The number of hydrogen-bond acceptors (Lipinski definition) is 2. The highest BCUT2D eigenvalue weighted by atomic mass is 35.5. The highest BCUT2D eigenvalue weighted by Gasteiger charge is 2.20. The first-order chi connectivity index (χ1) is 7.66. The van der Waals surface area contributed by atoms with E-state index in [1.165, 1.54) is 11.3 Å². The summed E-state index contributed by atoms with van der Waals surface area (Å²) in [5.74, 6) is 0. The third-order valence-corrected chi connectivity index (χ3v) is 4.17. The molecule has 88 valence electrons. The van der Waals surface area contributed by atoms with Gasteiger partial charge in [-0.15, -0.1) is 11.3 Å². The maximum Gasteiger partial charge on any atom is 0.317 e. The van der Waals surface area contributed by atoms with Crippen LogP contribution in [-0.2, 0) is 0 Å². The van der Waals surface area contributed by atoms with Crippen LogP contribution < -0.4 is 5.32 Å². The number of urea groups is 1. The largest absolute Gasteiger partial charge is 0.331 e. The van der Waals surface area contributed by atoms with E-state index in [1.807, 2.05) is 24.0 Å². The quantitative estimate of drug-likeness (QED) is 0.868. The highest BCUT2D eigenvalue weighted by molar-refractivity contribution is 7.16. The third kappa shape index (κ3) is 2.68. The van der Waals surface area contributed by atoms with Crippen molar-refractivity contribution in [3.63, 3.8) is 0 Å². The van der Waals surface area contributed by atoms with Gasteiger partial charge in [-0.2, -0.15) is 0 Å². The molecule has 3 nitrogen and oxygen atoms in total. The number of hydrogen-bond donors (Lipinski definition) is 1. The molecule has 0 aliphatic carbocycles. The van der Waals surface area contributed by atoms with Crippen LogP contribution in [-0.4, -0.2) is 24.0 Å². The van der Waals surface area contributed by atoms with Crippen molar-refractivity contribution in [3.05, 3.63) is 21.3 Å². The molecule has 16 heavy (non-hydrogen) atoms. The molecular formula is C11H15ClN2OS. The minimum Gasteiger partial charge on any atom is -0.331 e. The van der Waals surface area contributed by atoms with Crippen molar-refractivity contribution in [3.8, 4) is 0 Å². The van der Waals surface area contributed by atoms with Crippen LogP contribution in [0.1, 0.15) is 30.7 Å². The second-order valence-electron chi connectivity index (χ2n) is 4.01. The summed E-state index contributed by atoms with van der Waals surface area (Å²) in [5, 5.41) is 2.99. The van der Waals surface area contributed by atoms with E-state index in [1.54, 1.807) is 0 Å². The van der Waals surface area contributed by atoms with Crippen LogP contribution in [0.25, 0.3) is 0 Å². The van der Waals surface area contributed by atoms with Crippen LogP contribution >= 0.6 is 22.9 Å². The molecule has 1 N–H and O–H groups in total. The minimum atomic E-state index is 0.0330. The molecule has 1 unspecified atom stereocenters. The molecule has 2 rings (SSSR count). The van der Waals surface area contributed by atoms with Crippen LogP contribution in [0.4, 0.5) is 4.79 Å². The van der Waals surface area contributed by atoms with Gasteiger partial charge in [-0.05, 0) is 31.9 Å². The Morgan fingerprint density at radius 1 is 1.50 bits per heavy atom. The van der Waals surface area contributed by atoms with E-state index in [0.29, 0.717) is 0 Å². The predicted octanol–water partition coefficient (Wildman–Crippen LogP) is 3.27. The summed E-state index contributed by atoms with van der Waals surface area (Å²) in [7, 11) is 0. The molecule has 1 atom stereocenters. The molecule has 0 radical (unpaired) electrons. The number of rotatable bonds is 2. The second-order valence-corrected chi connectivity index (χ2v) is 5.75. The van der Waals surface area contributed by atoms with Gasteiger partial charge in [-0.1, -0.05) is 11.6 Å². The Bertz CT molecular complexity index is 374. The van der Waals surface area contributed by atoms with Crippen LogP contribution in [0.2, 0.25) is 4.34 Å². The van der Waals surface area contributed by atoms with Gasteiger partial charge in [0.2, 0.25) is 0 Å². The van der Waals surface area contributed by atoms with E-state index in [4.69, 9.17) is 11.6 Å². The molecule has 5 heteroatoms. The maximum atomic E-state index is 11.8. The lowest BCUT2D eigenvalue weighted by molar-refractivity contribution is 0.205. The highest BCUT2D eigenvalue weighted by Crippen LogP contribution is 2.26. The van der Waals surface area contributed by atoms with Gasteiger partial charge in [0.15, 0.2) is 0 Å². The topological polar surface area (TPSA) is 32.3 Å². The number of nitrogens with zero attached hydrogens (tertiary/aromatic N) is 1. The molecule has 0 spiro atoms. The lowest BCUT2D eigenvalue weighted by atomic mass is 10.3. The standard InChI is InChI=1S/C11H15ClN2OS/c1-8(9-4-5-10(12)16-9)13-11(15)14-6-2-3-7-14/h4-5,8H,2-3,6-7H2,1H3,(H,13,15). The zero-order valence-corrected chi connectivity index (χ0v) is 10.8. The van der Waals surface area contributed by atoms with Crippen LogP contribution in [0, 0.1) is 0 Å². The zero-order valence-electron chi connectivity index (χ0n) is 9.20. The van der Waals surface area contributed by atoms with E-state index in [0.717, 1.165) is 35.1 Å². The summed E-state index contributed by atoms with van der Waals surface area (Å²) < 4.78 is 0.761. The lowest BCUT2D eigenvalue weighted by Crippen LogP contribution is -2.38. The SMILES string of the molecule is CC(NC(=O)N1CCCC1)c1ccc(Cl)s1. The summed E-state index contributed by atoms with van der Waals surface area (Å²) in [6.07, 6.45) is 2.24. The van der Waals surface area contributed by atoms with Gasteiger partial charge in [0.05, 0.1) is 10.4 Å². The molecule has 2 heterocycles. The predicted molar refractivity (Wildman–Crippen MR) is 67.1 cm³/mol. The molecule has 1 fully saturated rings. The Hall–Kier alpha value is -0.740. The summed E-state index contributed by atoms with van der Waals surface area (Å²) in [6, 6.07) is 3.89. The average Bonchev–Trinajstić information content (AvgIpc) is 2.87. The Kier molecular flexibility index (Phi) is 3.71. The van der Waals surface area contributed by atoms with Crippen molar-refractivity contribution in [2.75, 3.05) is 13.1 Å². The molecule has 2 amide bonds. The van der Waals surface area contributed by atoms with Gasteiger partial charge in [0, 0.05) is 18.0 Å². The lowest BCUT2D eigenvalue weighted by Gasteiger charge is -2.19. The van der Waals surface area contributed by atoms with Crippen LogP contribution in [0.5, 0.6) is 0 Å². The molecule has 0 aromatic carbocycles. The van der Waals surface area contributed by atoms with E-state index in [-0.39, 0.29) is 12.1 Å². The molecule has 1 aromatic rings. The fraction of sp³-hybridized carbons (Fsp3) is 0.545. The molecule has 1 aromatic heterocycles. The maximum absolute atomic E-state index is 11.8. The molecule has 1 saturated heterocycles. The number of likely N-dealkylation sites (tertiary alicyclic amines) is 1. The summed E-state index contributed by atoms with van der Waals surface area (Å²) in [5.41, 5.74) is 0. The Morgan fingerprint density at radius 3 is 2.75 bits per heavy atom. The smallest absolute Gasteiger partial charge is 0.317 e. The number of carbonyl (C=O) groups excluding carboxylic acids is 1. The van der Waals surface area contributed by atoms with Crippen molar-refractivity contribution >= 4 is 29.0 Å². The Balaban J connectivity index is 1.91. The van der Waals surface area contributed by atoms with E-state index >= 15 is 0 Å². The van der Waals surface area contributed by atoms with Gasteiger partial charge in [-0.3, -0.25) is 0 Å². The van der Waals surface area contributed by atoms with Crippen LogP contribution in [0.15, 0.2) is 12.1 Å². The van der Waals surface area contributed by atoms with Crippen molar-refractivity contribution < 1.29 is 4.79 Å².